The molecule has 0 aliphatic carbocycles. The molecule has 22 heavy (non-hydrogen) atoms. The Morgan fingerprint density at radius 1 is 1.32 bits per heavy atom. The first-order chi connectivity index (χ1) is 10.2. The molecule has 4 nitrogen and oxygen atoms in total. The number of piperidine rings is 1. The molecule has 1 unspecified atom stereocenters. The fourth-order valence-electron chi connectivity index (χ4n) is 3.03. The van der Waals surface area contributed by atoms with Gasteiger partial charge in [-0.05, 0) is 37.9 Å². The van der Waals surface area contributed by atoms with Gasteiger partial charge in [-0.25, -0.2) is 0 Å². The molecule has 1 amide bonds. The molecule has 0 radical (unpaired) electrons. The summed E-state index contributed by atoms with van der Waals surface area (Å²) in [4.78, 5) is 16.6. The fourth-order valence-corrected chi connectivity index (χ4v) is 3.03. The number of likely N-dealkylation sites (tertiary alicyclic amines) is 1. The van der Waals surface area contributed by atoms with E-state index in [4.69, 9.17) is 5.73 Å². The summed E-state index contributed by atoms with van der Waals surface area (Å²) in [6.07, 6.45) is 4.62. The Kier molecular flexibility index (Phi) is 8.46. The van der Waals surface area contributed by atoms with Gasteiger partial charge in [-0.15, -0.1) is 12.4 Å². The summed E-state index contributed by atoms with van der Waals surface area (Å²) < 4.78 is 0. The van der Waals surface area contributed by atoms with Gasteiger partial charge in [0.15, 0.2) is 0 Å². The SMILES string of the molecule is CN(Cc1ccccc1)C(=O)CN1CCCCC1CCN.Cl. The number of rotatable bonds is 6. The zero-order chi connectivity index (χ0) is 15.1. The van der Waals surface area contributed by atoms with Crippen molar-refractivity contribution < 1.29 is 4.79 Å². The summed E-state index contributed by atoms with van der Waals surface area (Å²) in [5.41, 5.74) is 6.86. The van der Waals surface area contributed by atoms with Crippen molar-refractivity contribution in [3.8, 4) is 0 Å². The minimum atomic E-state index is 0. The standard InChI is InChI=1S/C17H27N3O.ClH/c1-19(13-15-7-3-2-4-8-15)17(21)14-20-12-6-5-9-16(20)10-11-18;/h2-4,7-8,16H,5-6,9-14,18H2,1H3;1H. The number of carbonyl (C=O) groups excluding carboxylic acids is 1. The van der Waals surface area contributed by atoms with E-state index in [0.717, 1.165) is 13.0 Å². The Balaban J connectivity index is 0.00000242. The van der Waals surface area contributed by atoms with Crippen LogP contribution < -0.4 is 5.73 Å². The van der Waals surface area contributed by atoms with Crippen molar-refractivity contribution in [3.05, 3.63) is 35.9 Å². The molecule has 1 fully saturated rings. The van der Waals surface area contributed by atoms with E-state index in [2.05, 4.69) is 17.0 Å². The molecule has 1 heterocycles. The van der Waals surface area contributed by atoms with E-state index in [1.54, 1.807) is 0 Å². The van der Waals surface area contributed by atoms with Crippen LogP contribution >= 0.6 is 12.4 Å². The second-order valence-corrected chi connectivity index (χ2v) is 5.93. The molecule has 124 valence electrons. The van der Waals surface area contributed by atoms with Crippen LogP contribution in [-0.2, 0) is 11.3 Å². The van der Waals surface area contributed by atoms with Crippen molar-refractivity contribution in [1.29, 1.82) is 0 Å². The molecule has 1 saturated heterocycles. The molecular formula is C17H28ClN3O. The summed E-state index contributed by atoms with van der Waals surface area (Å²) in [6.45, 7) is 2.92. The highest BCUT2D eigenvalue weighted by atomic mass is 35.5. The molecule has 1 atom stereocenters. The monoisotopic (exact) mass is 325 g/mol. The summed E-state index contributed by atoms with van der Waals surface area (Å²) >= 11 is 0. The van der Waals surface area contributed by atoms with Gasteiger partial charge in [0.2, 0.25) is 5.91 Å². The van der Waals surface area contributed by atoms with Crippen LogP contribution in [0.3, 0.4) is 0 Å². The number of nitrogens with zero attached hydrogens (tertiary/aromatic N) is 2. The maximum absolute atomic E-state index is 12.4. The second kappa shape index (κ2) is 9.82. The maximum Gasteiger partial charge on any atom is 0.236 e. The van der Waals surface area contributed by atoms with E-state index in [1.807, 2.05) is 30.1 Å². The van der Waals surface area contributed by atoms with Crippen LogP contribution in [0.5, 0.6) is 0 Å². The predicted molar refractivity (Wildman–Crippen MR) is 93.0 cm³/mol. The Labute approximate surface area is 140 Å². The number of likely N-dealkylation sites (N-methyl/N-ethyl adjacent to an activating group) is 1. The van der Waals surface area contributed by atoms with Crippen molar-refractivity contribution in [2.45, 2.75) is 38.3 Å². The minimum Gasteiger partial charge on any atom is -0.340 e. The molecule has 0 spiro atoms. The van der Waals surface area contributed by atoms with Gasteiger partial charge in [-0.1, -0.05) is 36.8 Å². The van der Waals surface area contributed by atoms with Crippen LogP contribution in [-0.4, -0.2) is 48.4 Å². The Hall–Kier alpha value is -1.10. The fraction of sp³-hybridized carbons (Fsp3) is 0.588. The van der Waals surface area contributed by atoms with Gasteiger partial charge < -0.3 is 10.6 Å². The lowest BCUT2D eigenvalue weighted by Gasteiger charge is -2.36. The third-order valence-electron chi connectivity index (χ3n) is 4.28. The van der Waals surface area contributed by atoms with Crippen LogP contribution in [0, 0.1) is 0 Å². The van der Waals surface area contributed by atoms with Crippen LogP contribution in [0.4, 0.5) is 0 Å². The first-order valence-corrected chi connectivity index (χ1v) is 7.92. The molecule has 1 aromatic carbocycles. The van der Waals surface area contributed by atoms with Crippen molar-refractivity contribution >= 4 is 18.3 Å². The maximum atomic E-state index is 12.4. The first kappa shape index (κ1) is 18.9. The normalized spacial score (nSPS) is 18.5. The van der Waals surface area contributed by atoms with Gasteiger partial charge >= 0.3 is 0 Å². The number of hydrogen-bond acceptors (Lipinski definition) is 3. The number of carbonyl (C=O) groups is 1. The van der Waals surface area contributed by atoms with Gasteiger partial charge in [0.1, 0.15) is 0 Å². The number of halogens is 1. The molecule has 0 aromatic heterocycles. The van der Waals surface area contributed by atoms with Crippen LogP contribution in [0.1, 0.15) is 31.2 Å². The molecule has 1 aromatic rings. The van der Waals surface area contributed by atoms with Gasteiger partial charge in [-0.3, -0.25) is 9.69 Å². The highest BCUT2D eigenvalue weighted by Gasteiger charge is 2.24. The zero-order valence-electron chi connectivity index (χ0n) is 13.4. The van der Waals surface area contributed by atoms with Crippen molar-refractivity contribution in [1.82, 2.24) is 9.80 Å². The molecule has 0 bridgehead atoms. The Bertz CT molecular complexity index is 439. The number of benzene rings is 1. The smallest absolute Gasteiger partial charge is 0.236 e. The third kappa shape index (κ3) is 5.59. The van der Waals surface area contributed by atoms with E-state index >= 15 is 0 Å². The van der Waals surface area contributed by atoms with Gasteiger partial charge in [0.25, 0.3) is 0 Å². The highest BCUT2D eigenvalue weighted by molar-refractivity contribution is 5.85. The van der Waals surface area contributed by atoms with Crippen molar-refractivity contribution in [2.75, 3.05) is 26.7 Å². The molecule has 5 heteroatoms. The number of nitrogens with two attached hydrogens (primary N) is 1. The molecule has 0 saturated carbocycles. The lowest BCUT2D eigenvalue weighted by molar-refractivity contribution is -0.132. The molecular weight excluding hydrogens is 298 g/mol. The summed E-state index contributed by atoms with van der Waals surface area (Å²) in [5, 5.41) is 0. The van der Waals surface area contributed by atoms with E-state index in [1.165, 1.54) is 24.8 Å². The van der Waals surface area contributed by atoms with Crippen molar-refractivity contribution in [3.63, 3.8) is 0 Å². The van der Waals surface area contributed by atoms with Crippen LogP contribution in [0.2, 0.25) is 0 Å². The third-order valence-corrected chi connectivity index (χ3v) is 4.28. The highest BCUT2D eigenvalue weighted by Crippen LogP contribution is 2.19. The topological polar surface area (TPSA) is 49.6 Å². The lowest BCUT2D eigenvalue weighted by atomic mass is 9.99. The van der Waals surface area contributed by atoms with E-state index in [0.29, 0.717) is 25.7 Å². The minimum absolute atomic E-state index is 0. The summed E-state index contributed by atoms with van der Waals surface area (Å²) in [7, 11) is 1.89. The van der Waals surface area contributed by atoms with E-state index < -0.39 is 0 Å². The summed E-state index contributed by atoms with van der Waals surface area (Å²) in [5.74, 6) is 0.197. The van der Waals surface area contributed by atoms with Crippen molar-refractivity contribution in [2.24, 2.45) is 5.73 Å². The lowest BCUT2D eigenvalue weighted by Crippen LogP contribution is -2.46. The van der Waals surface area contributed by atoms with E-state index in [9.17, 15) is 4.79 Å². The second-order valence-electron chi connectivity index (χ2n) is 5.93. The number of amides is 1. The zero-order valence-corrected chi connectivity index (χ0v) is 14.2. The molecule has 1 aliphatic rings. The van der Waals surface area contributed by atoms with Gasteiger partial charge in [0, 0.05) is 19.6 Å². The van der Waals surface area contributed by atoms with Crippen LogP contribution in [0.15, 0.2) is 30.3 Å². The van der Waals surface area contributed by atoms with E-state index in [-0.39, 0.29) is 18.3 Å². The number of hydrogen-bond donors (Lipinski definition) is 1. The van der Waals surface area contributed by atoms with Gasteiger partial charge in [0.05, 0.1) is 6.54 Å². The Morgan fingerprint density at radius 2 is 2.05 bits per heavy atom. The van der Waals surface area contributed by atoms with Gasteiger partial charge in [-0.2, -0.15) is 0 Å². The molecule has 2 N–H and O–H groups in total. The quantitative estimate of drug-likeness (QED) is 0.873. The Morgan fingerprint density at radius 3 is 2.73 bits per heavy atom. The molecule has 1 aliphatic heterocycles. The largest absolute Gasteiger partial charge is 0.340 e. The predicted octanol–water partition coefficient (Wildman–Crippen LogP) is 2.27. The average molecular weight is 326 g/mol. The first-order valence-electron chi connectivity index (χ1n) is 7.92. The average Bonchev–Trinajstić information content (AvgIpc) is 2.50. The summed E-state index contributed by atoms with van der Waals surface area (Å²) in [6, 6.07) is 10.6. The molecule has 2 rings (SSSR count). The van der Waals surface area contributed by atoms with Crippen LogP contribution in [0.25, 0.3) is 0 Å².